The van der Waals surface area contributed by atoms with E-state index in [-0.39, 0.29) is 11.8 Å². The zero-order chi connectivity index (χ0) is 16.7. The second-order valence-corrected chi connectivity index (χ2v) is 6.49. The van der Waals surface area contributed by atoms with Crippen molar-refractivity contribution < 1.29 is 4.79 Å². The lowest BCUT2D eigenvalue weighted by Gasteiger charge is -2.24. The first-order valence-corrected chi connectivity index (χ1v) is 8.20. The number of hydrogen-bond donors (Lipinski definition) is 1. The molecule has 0 radical (unpaired) electrons. The summed E-state index contributed by atoms with van der Waals surface area (Å²) in [6.07, 6.45) is 2.23. The third-order valence-electron chi connectivity index (χ3n) is 4.35. The van der Waals surface area contributed by atoms with Gasteiger partial charge in [-0.3, -0.25) is 4.79 Å². The lowest BCUT2D eigenvalue weighted by Crippen LogP contribution is -2.24. The van der Waals surface area contributed by atoms with Crippen LogP contribution in [0.2, 0.25) is 5.02 Å². The molecule has 2 heterocycles. The molecule has 2 aromatic carbocycles. The number of benzene rings is 2. The largest absolute Gasteiger partial charge is 0.310 e. The number of halogens is 1. The van der Waals surface area contributed by atoms with Crippen molar-refractivity contribution in [2.24, 2.45) is 0 Å². The average Bonchev–Trinajstić information content (AvgIpc) is 2.98. The van der Waals surface area contributed by atoms with Gasteiger partial charge in [-0.1, -0.05) is 41.4 Å². The van der Waals surface area contributed by atoms with Gasteiger partial charge in [0.15, 0.2) is 0 Å². The summed E-state index contributed by atoms with van der Waals surface area (Å²) in [5.74, 6) is 0.688. The van der Waals surface area contributed by atoms with Gasteiger partial charge in [0, 0.05) is 22.9 Å². The lowest BCUT2D eigenvalue weighted by atomic mass is 9.87. The Morgan fingerprint density at radius 2 is 2.00 bits per heavy atom. The van der Waals surface area contributed by atoms with E-state index < -0.39 is 0 Å². The number of anilines is 1. The molecule has 0 aliphatic carbocycles. The number of rotatable bonds is 2. The fourth-order valence-electron chi connectivity index (χ4n) is 3.12. The van der Waals surface area contributed by atoms with Crippen LogP contribution in [0, 0.1) is 6.92 Å². The van der Waals surface area contributed by atoms with Crippen LogP contribution in [0.25, 0.3) is 5.69 Å². The zero-order valence-electron chi connectivity index (χ0n) is 13.2. The Kier molecular flexibility index (Phi) is 3.62. The summed E-state index contributed by atoms with van der Waals surface area (Å²) < 4.78 is 1.78. The fourth-order valence-corrected chi connectivity index (χ4v) is 3.32. The minimum absolute atomic E-state index is 0.0127. The van der Waals surface area contributed by atoms with Gasteiger partial charge in [0.1, 0.15) is 5.82 Å². The second kappa shape index (κ2) is 5.80. The van der Waals surface area contributed by atoms with Crippen molar-refractivity contribution in [2.45, 2.75) is 19.3 Å². The molecule has 4 nitrogen and oxygen atoms in total. The maximum atomic E-state index is 12.2. The van der Waals surface area contributed by atoms with E-state index in [0.29, 0.717) is 11.4 Å². The summed E-state index contributed by atoms with van der Waals surface area (Å²) in [5.41, 5.74) is 4.15. The number of hydrogen-bond acceptors (Lipinski definition) is 2. The van der Waals surface area contributed by atoms with E-state index >= 15 is 0 Å². The summed E-state index contributed by atoms with van der Waals surface area (Å²) in [6.45, 7) is 2.04. The number of nitrogens with one attached hydrogen (secondary N) is 1. The van der Waals surface area contributed by atoms with Crippen molar-refractivity contribution in [3.8, 4) is 5.69 Å². The number of carbonyl (C=O) groups is 1. The highest BCUT2D eigenvalue weighted by molar-refractivity contribution is 6.30. The van der Waals surface area contributed by atoms with Crippen LogP contribution in [0.4, 0.5) is 5.82 Å². The number of amides is 1. The molecule has 24 heavy (non-hydrogen) atoms. The number of aryl methyl sites for hydroxylation is 1. The van der Waals surface area contributed by atoms with Crippen LogP contribution in [-0.2, 0) is 4.79 Å². The van der Waals surface area contributed by atoms with Gasteiger partial charge < -0.3 is 5.32 Å². The molecule has 0 saturated carbocycles. The second-order valence-electron chi connectivity index (χ2n) is 6.06. The normalized spacial score (nSPS) is 16.6. The minimum atomic E-state index is -0.0355. The van der Waals surface area contributed by atoms with Crippen molar-refractivity contribution in [3.05, 3.63) is 76.4 Å². The highest BCUT2D eigenvalue weighted by Gasteiger charge is 2.30. The van der Waals surface area contributed by atoms with E-state index in [1.807, 2.05) is 61.7 Å². The molecule has 0 saturated heterocycles. The first kappa shape index (κ1) is 15.0. The van der Waals surface area contributed by atoms with Crippen LogP contribution >= 0.6 is 11.6 Å². The van der Waals surface area contributed by atoms with Gasteiger partial charge in [0.25, 0.3) is 0 Å². The number of fused-ring (bicyclic) bond motifs is 1. The number of aromatic nitrogens is 2. The molecule has 0 fully saturated rings. The van der Waals surface area contributed by atoms with Gasteiger partial charge in [-0.25, -0.2) is 4.68 Å². The van der Waals surface area contributed by atoms with Gasteiger partial charge in [-0.2, -0.15) is 5.10 Å². The molecule has 1 atom stereocenters. The number of carbonyl (C=O) groups excluding carboxylic acids is 1. The summed E-state index contributed by atoms with van der Waals surface area (Å²) in [5, 5.41) is 8.14. The van der Waals surface area contributed by atoms with Crippen LogP contribution in [0.3, 0.4) is 0 Å². The molecule has 5 heteroatoms. The predicted molar refractivity (Wildman–Crippen MR) is 94.8 cm³/mol. The summed E-state index contributed by atoms with van der Waals surface area (Å²) in [7, 11) is 0. The van der Waals surface area contributed by atoms with E-state index in [2.05, 4.69) is 10.4 Å². The van der Waals surface area contributed by atoms with Crippen molar-refractivity contribution in [1.29, 1.82) is 0 Å². The van der Waals surface area contributed by atoms with Crippen molar-refractivity contribution in [3.63, 3.8) is 0 Å². The monoisotopic (exact) mass is 337 g/mol. The Labute approximate surface area is 145 Å². The average molecular weight is 338 g/mol. The lowest BCUT2D eigenvalue weighted by molar-refractivity contribution is -0.116. The third-order valence-corrected chi connectivity index (χ3v) is 4.58. The molecule has 1 amide bonds. The molecule has 120 valence electrons. The standard InChI is InChI=1S/C19H16ClN3O/c1-12-5-7-15(8-6-12)23-19-17(11-21-23)16(10-18(24)22-19)13-3-2-4-14(20)9-13/h2-9,11,16H,10H2,1H3,(H,22,24)/t16-/m0/s1. The van der Waals surface area contributed by atoms with Crippen LogP contribution in [0.15, 0.2) is 54.7 Å². The highest BCUT2D eigenvalue weighted by atomic mass is 35.5. The van der Waals surface area contributed by atoms with Gasteiger partial charge >= 0.3 is 0 Å². The van der Waals surface area contributed by atoms with Crippen LogP contribution < -0.4 is 5.32 Å². The Hall–Kier alpha value is -2.59. The first-order chi connectivity index (χ1) is 11.6. The number of nitrogens with zero attached hydrogens (tertiary/aromatic N) is 2. The van der Waals surface area contributed by atoms with Crippen molar-refractivity contribution >= 4 is 23.3 Å². The molecule has 1 N–H and O–H groups in total. The smallest absolute Gasteiger partial charge is 0.226 e. The molecular weight excluding hydrogens is 322 g/mol. The Morgan fingerprint density at radius 1 is 1.21 bits per heavy atom. The Balaban J connectivity index is 1.81. The molecule has 3 aromatic rings. The first-order valence-electron chi connectivity index (χ1n) is 7.82. The van der Waals surface area contributed by atoms with Gasteiger partial charge in [0.2, 0.25) is 5.91 Å². The van der Waals surface area contributed by atoms with Crippen LogP contribution in [-0.4, -0.2) is 15.7 Å². The highest BCUT2D eigenvalue weighted by Crippen LogP contribution is 2.38. The topological polar surface area (TPSA) is 46.9 Å². The van der Waals surface area contributed by atoms with E-state index in [1.54, 1.807) is 4.68 Å². The molecule has 1 aromatic heterocycles. The van der Waals surface area contributed by atoms with E-state index in [9.17, 15) is 4.79 Å². The van der Waals surface area contributed by atoms with Gasteiger partial charge in [0.05, 0.1) is 11.9 Å². The summed E-state index contributed by atoms with van der Waals surface area (Å²) >= 11 is 6.12. The van der Waals surface area contributed by atoms with Crippen molar-refractivity contribution in [2.75, 3.05) is 5.32 Å². The van der Waals surface area contributed by atoms with Crippen molar-refractivity contribution in [1.82, 2.24) is 9.78 Å². The molecular formula is C19H16ClN3O. The minimum Gasteiger partial charge on any atom is -0.310 e. The molecule has 0 spiro atoms. The Morgan fingerprint density at radius 3 is 2.75 bits per heavy atom. The van der Waals surface area contributed by atoms with E-state index in [1.165, 1.54) is 5.56 Å². The fraction of sp³-hybridized carbons (Fsp3) is 0.158. The molecule has 4 rings (SSSR count). The summed E-state index contributed by atoms with van der Waals surface area (Å²) in [6, 6.07) is 15.7. The zero-order valence-corrected chi connectivity index (χ0v) is 13.9. The molecule has 1 aliphatic rings. The third kappa shape index (κ3) is 2.59. The predicted octanol–water partition coefficient (Wildman–Crippen LogP) is 4.31. The van der Waals surface area contributed by atoms with Crippen LogP contribution in [0.1, 0.15) is 29.0 Å². The Bertz CT molecular complexity index is 915. The van der Waals surface area contributed by atoms with Gasteiger partial charge in [-0.15, -0.1) is 0 Å². The van der Waals surface area contributed by atoms with E-state index in [0.717, 1.165) is 22.6 Å². The van der Waals surface area contributed by atoms with E-state index in [4.69, 9.17) is 11.6 Å². The maximum Gasteiger partial charge on any atom is 0.226 e. The molecule has 1 aliphatic heterocycles. The SMILES string of the molecule is Cc1ccc(-n2ncc3c2NC(=O)C[C@H]3c2cccc(Cl)c2)cc1. The molecule has 0 bridgehead atoms. The summed E-state index contributed by atoms with van der Waals surface area (Å²) in [4.78, 5) is 12.2. The quantitative estimate of drug-likeness (QED) is 0.757. The van der Waals surface area contributed by atoms with Crippen LogP contribution in [0.5, 0.6) is 0 Å². The maximum absolute atomic E-state index is 12.2. The van der Waals surface area contributed by atoms with Gasteiger partial charge in [-0.05, 0) is 36.8 Å². The molecule has 0 unspecified atom stereocenters.